The van der Waals surface area contributed by atoms with Crippen LogP contribution in [-0.4, -0.2) is 31.7 Å². The van der Waals surface area contributed by atoms with Gasteiger partial charge >= 0.3 is 0 Å². The van der Waals surface area contributed by atoms with Gasteiger partial charge in [0.15, 0.2) is 0 Å². The van der Waals surface area contributed by atoms with Crippen molar-refractivity contribution < 1.29 is 13.5 Å². The molecule has 0 aliphatic heterocycles. The maximum Gasteiger partial charge on any atom is 0.240 e. The number of sulfonamides is 1. The predicted molar refractivity (Wildman–Crippen MR) is 85.9 cm³/mol. The van der Waals surface area contributed by atoms with E-state index < -0.39 is 10.0 Å². The molecule has 0 amide bonds. The molecule has 0 aromatic heterocycles. The van der Waals surface area contributed by atoms with Crippen LogP contribution in [0.3, 0.4) is 0 Å². The SMILES string of the molecule is CCC(CC)(CO)Nc1ccc(S(=O)(=O)NC(C)C)cc1. The van der Waals surface area contributed by atoms with Crippen molar-refractivity contribution in [2.45, 2.75) is 57.0 Å². The van der Waals surface area contributed by atoms with Crippen molar-refractivity contribution in [1.29, 1.82) is 0 Å². The molecule has 0 atom stereocenters. The number of aliphatic hydroxyl groups excluding tert-OH is 1. The number of hydrogen-bond acceptors (Lipinski definition) is 4. The maximum absolute atomic E-state index is 12.0. The maximum atomic E-state index is 12.0. The molecule has 0 unspecified atom stereocenters. The number of aliphatic hydroxyl groups is 1. The van der Waals surface area contributed by atoms with E-state index in [-0.39, 0.29) is 23.1 Å². The van der Waals surface area contributed by atoms with Crippen molar-refractivity contribution in [2.75, 3.05) is 11.9 Å². The normalized spacial score (nSPS) is 12.7. The van der Waals surface area contributed by atoms with Gasteiger partial charge in [-0.05, 0) is 51.0 Å². The first-order valence-electron chi connectivity index (χ1n) is 7.30. The highest BCUT2D eigenvalue weighted by atomic mass is 32.2. The highest BCUT2D eigenvalue weighted by molar-refractivity contribution is 7.89. The Morgan fingerprint density at radius 2 is 1.67 bits per heavy atom. The summed E-state index contributed by atoms with van der Waals surface area (Å²) in [6, 6.07) is 6.45. The van der Waals surface area contributed by atoms with Gasteiger partial charge in [0.2, 0.25) is 10.0 Å². The zero-order chi connectivity index (χ0) is 16.1. The van der Waals surface area contributed by atoms with E-state index >= 15 is 0 Å². The summed E-state index contributed by atoms with van der Waals surface area (Å²) in [5, 5.41) is 12.8. The molecule has 1 aromatic carbocycles. The van der Waals surface area contributed by atoms with Crippen LogP contribution in [0.4, 0.5) is 5.69 Å². The van der Waals surface area contributed by atoms with Gasteiger partial charge in [0.25, 0.3) is 0 Å². The second kappa shape index (κ2) is 7.24. The molecule has 0 spiro atoms. The van der Waals surface area contributed by atoms with E-state index in [2.05, 4.69) is 10.0 Å². The van der Waals surface area contributed by atoms with Crippen LogP contribution in [0.15, 0.2) is 29.2 Å². The van der Waals surface area contributed by atoms with Gasteiger partial charge < -0.3 is 10.4 Å². The number of hydrogen-bond donors (Lipinski definition) is 3. The van der Waals surface area contributed by atoms with Crippen molar-refractivity contribution in [3.8, 4) is 0 Å². The highest BCUT2D eigenvalue weighted by Gasteiger charge is 2.25. The first-order chi connectivity index (χ1) is 9.78. The van der Waals surface area contributed by atoms with Crippen LogP contribution in [0.2, 0.25) is 0 Å². The molecule has 0 aliphatic rings. The van der Waals surface area contributed by atoms with Gasteiger partial charge in [0, 0.05) is 11.7 Å². The Kier molecular flexibility index (Phi) is 6.19. The van der Waals surface area contributed by atoms with Crippen molar-refractivity contribution in [1.82, 2.24) is 4.72 Å². The third-order valence-electron chi connectivity index (χ3n) is 3.62. The van der Waals surface area contributed by atoms with Gasteiger partial charge in [-0.3, -0.25) is 0 Å². The fraction of sp³-hybridized carbons (Fsp3) is 0.600. The molecule has 0 saturated carbocycles. The fourth-order valence-corrected chi connectivity index (χ4v) is 3.34. The van der Waals surface area contributed by atoms with E-state index in [4.69, 9.17) is 0 Å². The van der Waals surface area contributed by atoms with Crippen molar-refractivity contribution in [3.63, 3.8) is 0 Å². The molecule has 1 aromatic rings. The Labute approximate surface area is 127 Å². The number of anilines is 1. The highest BCUT2D eigenvalue weighted by Crippen LogP contribution is 2.23. The third kappa shape index (κ3) is 4.69. The summed E-state index contributed by atoms with van der Waals surface area (Å²) in [7, 11) is -3.46. The van der Waals surface area contributed by atoms with Crippen LogP contribution in [0, 0.1) is 0 Å². The molecule has 0 aliphatic carbocycles. The molecule has 1 rings (SSSR count). The zero-order valence-corrected chi connectivity index (χ0v) is 14.0. The Hall–Kier alpha value is -1.11. The van der Waals surface area contributed by atoms with Crippen LogP contribution in [0.5, 0.6) is 0 Å². The molecule has 120 valence electrons. The lowest BCUT2D eigenvalue weighted by Gasteiger charge is -2.32. The number of nitrogens with one attached hydrogen (secondary N) is 2. The predicted octanol–water partition coefficient (Wildman–Crippen LogP) is 2.34. The van der Waals surface area contributed by atoms with E-state index in [1.54, 1.807) is 38.1 Å². The Bertz CT molecular complexity index is 526. The molecule has 5 nitrogen and oxygen atoms in total. The van der Waals surface area contributed by atoms with Gasteiger partial charge in [-0.2, -0.15) is 0 Å². The van der Waals surface area contributed by atoms with Gasteiger partial charge in [0.1, 0.15) is 0 Å². The molecule has 0 radical (unpaired) electrons. The zero-order valence-electron chi connectivity index (χ0n) is 13.2. The summed E-state index contributed by atoms with van der Waals surface area (Å²) >= 11 is 0. The Morgan fingerprint density at radius 3 is 2.05 bits per heavy atom. The van der Waals surface area contributed by atoms with Crippen LogP contribution in [-0.2, 0) is 10.0 Å². The molecule has 6 heteroatoms. The standard InChI is InChI=1S/C15H26N2O3S/c1-5-15(6-2,11-18)16-13-7-9-14(10-8-13)21(19,20)17-12(3)4/h7-10,12,16-18H,5-6,11H2,1-4H3. The first kappa shape index (κ1) is 17.9. The van der Waals surface area contributed by atoms with Crippen LogP contribution in [0.25, 0.3) is 0 Å². The first-order valence-corrected chi connectivity index (χ1v) is 8.78. The minimum Gasteiger partial charge on any atom is -0.394 e. The van der Waals surface area contributed by atoms with Gasteiger partial charge in [-0.15, -0.1) is 0 Å². The molecule has 0 fully saturated rings. The minimum atomic E-state index is -3.46. The third-order valence-corrected chi connectivity index (χ3v) is 5.30. The average molecular weight is 314 g/mol. The van der Waals surface area contributed by atoms with Gasteiger partial charge in [-0.25, -0.2) is 13.1 Å². The lowest BCUT2D eigenvalue weighted by atomic mass is 9.93. The molecule has 3 N–H and O–H groups in total. The largest absolute Gasteiger partial charge is 0.394 e. The van der Waals surface area contributed by atoms with Crippen LogP contribution in [0.1, 0.15) is 40.5 Å². The fourth-order valence-electron chi connectivity index (χ4n) is 2.09. The van der Waals surface area contributed by atoms with Gasteiger partial charge in [0.05, 0.1) is 17.0 Å². The summed E-state index contributed by atoms with van der Waals surface area (Å²) in [4.78, 5) is 0.240. The van der Waals surface area contributed by atoms with E-state index in [0.717, 1.165) is 18.5 Å². The van der Waals surface area contributed by atoms with E-state index in [0.29, 0.717) is 0 Å². The smallest absolute Gasteiger partial charge is 0.240 e. The van der Waals surface area contributed by atoms with E-state index in [9.17, 15) is 13.5 Å². The second-order valence-electron chi connectivity index (χ2n) is 5.57. The average Bonchev–Trinajstić information content (AvgIpc) is 2.44. The summed E-state index contributed by atoms with van der Waals surface area (Å²) in [6.07, 6.45) is 1.57. The quantitative estimate of drug-likeness (QED) is 0.688. The van der Waals surface area contributed by atoms with Crippen molar-refractivity contribution in [2.24, 2.45) is 0 Å². The van der Waals surface area contributed by atoms with Crippen LogP contribution >= 0.6 is 0 Å². The summed E-state index contributed by atoms with van der Waals surface area (Å²) in [5.41, 5.74) is 0.438. The molecule has 0 saturated heterocycles. The molecule has 0 bridgehead atoms. The van der Waals surface area contributed by atoms with Crippen molar-refractivity contribution in [3.05, 3.63) is 24.3 Å². The minimum absolute atomic E-state index is 0.0367. The van der Waals surface area contributed by atoms with E-state index in [1.165, 1.54) is 0 Å². The summed E-state index contributed by atoms with van der Waals surface area (Å²) < 4.78 is 26.6. The monoisotopic (exact) mass is 314 g/mol. The Balaban J connectivity index is 2.93. The number of rotatable bonds is 8. The Morgan fingerprint density at radius 1 is 1.14 bits per heavy atom. The molecule has 0 heterocycles. The van der Waals surface area contributed by atoms with E-state index in [1.807, 2.05) is 13.8 Å². The van der Waals surface area contributed by atoms with Crippen molar-refractivity contribution >= 4 is 15.7 Å². The lowest BCUT2D eigenvalue weighted by Crippen LogP contribution is -2.40. The summed E-state index contributed by atoms with van der Waals surface area (Å²) in [6.45, 7) is 7.63. The molecular formula is C15H26N2O3S. The summed E-state index contributed by atoms with van der Waals surface area (Å²) in [5.74, 6) is 0. The molecule has 21 heavy (non-hydrogen) atoms. The number of benzene rings is 1. The topological polar surface area (TPSA) is 78.4 Å². The molecular weight excluding hydrogens is 288 g/mol. The van der Waals surface area contributed by atoms with Crippen LogP contribution < -0.4 is 10.0 Å². The lowest BCUT2D eigenvalue weighted by molar-refractivity contribution is 0.202. The second-order valence-corrected chi connectivity index (χ2v) is 7.28. The van der Waals surface area contributed by atoms with Gasteiger partial charge in [-0.1, -0.05) is 13.8 Å².